The lowest BCUT2D eigenvalue weighted by Gasteiger charge is -1.94. The van der Waals surface area contributed by atoms with E-state index in [0.29, 0.717) is 11.0 Å². The highest BCUT2D eigenvalue weighted by Gasteiger charge is 2.07. The minimum Gasteiger partial charge on any atom is -0.428 e. The first-order chi connectivity index (χ1) is 12.3. The molecule has 120 valence electrons. The molecular formula is C20H14N4O. The van der Waals surface area contributed by atoms with Gasteiger partial charge in [0.15, 0.2) is 0 Å². The van der Waals surface area contributed by atoms with Crippen LogP contribution in [0, 0.1) is 0 Å². The van der Waals surface area contributed by atoms with E-state index < -0.39 is 0 Å². The number of aromatic nitrogens is 4. The summed E-state index contributed by atoms with van der Waals surface area (Å²) in [6.07, 6.45) is 7.84. The number of nitrogens with zero attached hydrogens (tertiary/aromatic N) is 3. The summed E-state index contributed by atoms with van der Waals surface area (Å²) >= 11 is 0. The Morgan fingerprint density at radius 1 is 0.720 bits per heavy atom. The topological polar surface area (TPSA) is 66.7 Å². The molecule has 5 nitrogen and oxygen atoms in total. The minimum atomic E-state index is 0.687. The Bertz CT molecular complexity index is 1210. The van der Waals surface area contributed by atoms with Crippen LogP contribution in [-0.4, -0.2) is 24.9 Å². The molecule has 0 aromatic carbocycles. The molecular weight excluding hydrogens is 312 g/mol. The minimum absolute atomic E-state index is 0.687. The van der Waals surface area contributed by atoms with Gasteiger partial charge in [0.05, 0.1) is 33.8 Å². The maximum atomic E-state index is 10.4. The van der Waals surface area contributed by atoms with Gasteiger partial charge in [0.1, 0.15) is 5.52 Å². The van der Waals surface area contributed by atoms with Gasteiger partial charge < -0.3 is 10.2 Å². The van der Waals surface area contributed by atoms with E-state index in [4.69, 9.17) is 0 Å². The third-order valence-electron chi connectivity index (χ3n) is 4.31. The molecule has 25 heavy (non-hydrogen) atoms. The van der Waals surface area contributed by atoms with E-state index in [0.717, 1.165) is 33.8 Å². The van der Waals surface area contributed by atoms with Gasteiger partial charge in [-0.25, -0.2) is 9.97 Å². The summed E-state index contributed by atoms with van der Waals surface area (Å²) in [5, 5.41) is 10.4. The first kappa shape index (κ1) is 13.8. The van der Waals surface area contributed by atoms with Gasteiger partial charge in [-0.05, 0) is 72.8 Å². The number of rotatable bonds is 0. The van der Waals surface area contributed by atoms with Crippen LogP contribution in [0.4, 0.5) is 0 Å². The second-order valence-electron chi connectivity index (χ2n) is 5.96. The largest absolute Gasteiger partial charge is 0.428 e. The van der Waals surface area contributed by atoms with Gasteiger partial charge >= 0.3 is 0 Å². The van der Waals surface area contributed by atoms with Crippen molar-refractivity contribution in [3.63, 3.8) is 0 Å². The molecule has 2 aliphatic heterocycles. The van der Waals surface area contributed by atoms with Crippen molar-refractivity contribution in [2.45, 2.75) is 0 Å². The first-order valence-corrected chi connectivity index (χ1v) is 8.01. The summed E-state index contributed by atoms with van der Waals surface area (Å²) in [4.78, 5) is 12.5. The van der Waals surface area contributed by atoms with Crippen LogP contribution in [0.2, 0.25) is 0 Å². The number of fused-ring (bicyclic) bond motifs is 10. The van der Waals surface area contributed by atoms with E-state index in [1.165, 1.54) is 4.73 Å². The lowest BCUT2D eigenvalue weighted by atomic mass is 10.3. The highest BCUT2D eigenvalue weighted by molar-refractivity contribution is 5.82. The Balaban J connectivity index is 1.88. The summed E-state index contributed by atoms with van der Waals surface area (Å²) in [7, 11) is 0. The van der Waals surface area contributed by atoms with Crippen molar-refractivity contribution < 1.29 is 5.21 Å². The van der Waals surface area contributed by atoms with Crippen LogP contribution in [0.1, 0.15) is 22.8 Å². The lowest BCUT2D eigenvalue weighted by molar-refractivity contribution is 0.212. The molecule has 0 unspecified atom stereocenters. The van der Waals surface area contributed by atoms with E-state index in [1.54, 1.807) is 0 Å². The third-order valence-corrected chi connectivity index (χ3v) is 4.31. The highest BCUT2D eigenvalue weighted by atomic mass is 16.5. The molecule has 8 bridgehead atoms. The standard InChI is InChI=1S/C20H14N4O/c25-24-16-7-3-15-5-10-18(22-15)17-9-4-13(21-17)1-2-14-6-11-19(23-14)20(24)12-8-16/h1-12,23,25H. The predicted molar refractivity (Wildman–Crippen MR) is 99.7 cm³/mol. The average Bonchev–Trinajstić information content (AvgIpc) is 3.37. The number of hydrogen-bond donors (Lipinski definition) is 2. The summed E-state index contributed by atoms with van der Waals surface area (Å²) in [5.41, 5.74) is 6.58. The molecule has 3 aromatic rings. The Hall–Kier alpha value is -3.60. The molecule has 2 aliphatic rings. The van der Waals surface area contributed by atoms with E-state index >= 15 is 0 Å². The van der Waals surface area contributed by atoms with Crippen molar-refractivity contribution in [2.24, 2.45) is 0 Å². The molecule has 0 aliphatic carbocycles. The SMILES string of the molecule is On1c2ccc3nc(c4nc(ccc5ccc([nH]5)c1cc2)C=C4)C=C3. The molecule has 5 heterocycles. The van der Waals surface area contributed by atoms with Gasteiger partial charge in [-0.15, -0.1) is 0 Å². The Morgan fingerprint density at radius 2 is 1.36 bits per heavy atom. The maximum absolute atomic E-state index is 10.4. The molecule has 0 amide bonds. The third kappa shape index (κ3) is 2.33. The highest BCUT2D eigenvalue weighted by Crippen LogP contribution is 2.20. The molecule has 0 spiro atoms. The van der Waals surface area contributed by atoms with Gasteiger partial charge in [-0.3, -0.25) is 0 Å². The van der Waals surface area contributed by atoms with E-state index in [2.05, 4.69) is 15.0 Å². The Labute approximate surface area is 143 Å². The summed E-state index contributed by atoms with van der Waals surface area (Å²) < 4.78 is 1.18. The lowest BCUT2D eigenvalue weighted by Crippen LogP contribution is -1.87. The molecule has 3 aromatic heterocycles. The second kappa shape index (κ2) is 5.21. The molecule has 0 fully saturated rings. The fourth-order valence-electron chi connectivity index (χ4n) is 3.01. The summed E-state index contributed by atoms with van der Waals surface area (Å²) in [6.45, 7) is 0. The van der Waals surface area contributed by atoms with Crippen LogP contribution < -0.4 is 0 Å². The zero-order chi connectivity index (χ0) is 16.8. The first-order valence-electron chi connectivity index (χ1n) is 8.01. The molecule has 0 saturated carbocycles. The Morgan fingerprint density at radius 3 is 2.12 bits per heavy atom. The van der Waals surface area contributed by atoms with E-state index in [-0.39, 0.29) is 0 Å². The van der Waals surface area contributed by atoms with Crippen molar-refractivity contribution in [3.8, 4) is 0 Å². The summed E-state index contributed by atoms with van der Waals surface area (Å²) in [5.74, 6) is 0. The van der Waals surface area contributed by atoms with Crippen LogP contribution in [-0.2, 0) is 0 Å². The fourth-order valence-corrected chi connectivity index (χ4v) is 3.01. The zero-order valence-corrected chi connectivity index (χ0v) is 13.2. The van der Waals surface area contributed by atoms with E-state index in [9.17, 15) is 5.21 Å². The molecule has 0 atom stereocenters. The van der Waals surface area contributed by atoms with Gasteiger partial charge in [-0.2, -0.15) is 4.73 Å². The molecule has 5 rings (SSSR count). The number of hydrogen-bond acceptors (Lipinski definition) is 3. The fraction of sp³-hybridized carbons (Fsp3) is 0. The van der Waals surface area contributed by atoms with Crippen molar-refractivity contribution in [2.75, 3.05) is 0 Å². The second-order valence-corrected chi connectivity index (χ2v) is 5.96. The average molecular weight is 326 g/mol. The smallest absolute Gasteiger partial charge is 0.103 e. The van der Waals surface area contributed by atoms with Crippen LogP contribution >= 0.6 is 0 Å². The maximum Gasteiger partial charge on any atom is 0.103 e. The Kier molecular flexibility index (Phi) is 2.87. The molecule has 5 heteroatoms. The molecule has 2 N–H and O–H groups in total. The van der Waals surface area contributed by atoms with Gasteiger partial charge in [0.2, 0.25) is 0 Å². The van der Waals surface area contributed by atoms with Crippen LogP contribution in [0.25, 0.3) is 46.4 Å². The number of H-pyrrole nitrogens is 1. The van der Waals surface area contributed by atoms with Crippen molar-refractivity contribution in [3.05, 3.63) is 71.3 Å². The van der Waals surface area contributed by atoms with Crippen molar-refractivity contribution in [1.82, 2.24) is 19.7 Å². The van der Waals surface area contributed by atoms with E-state index in [1.807, 2.05) is 72.8 Å². The molecule has 0 saturated heterocycles. The number of nitrogens with one attached hydrogen (secondary N) is 1. The van der Waals surface area contributed by atoms with Gasteiger partial charge in [0.25, 0.3) is 0 Å². The zero-order valence-electron chi connectivity index (χ0n) is 13.2. The van der Waals surface area contributed by atoms with Gasteiger partial charge in [-0.1, -0.05) is 0 Å². The normalized spacial score (nSPS) is 12.6. The number of aromatic amines is 1. The monoisotopic (exact) mass is 326 g/mol. The van der Waals surface area contributed by atoms with Crippen LogP contribution in [0.5, 0.6) is 0 Å². The van der Waals surface area contributed by atoms with Crippen molar-refractivity contribution >= 4 is 46.4 Å². The molecule has 0 radical (unpaired) electrons. The quantitative estimate of drug-likeness (QED) is 0.415. The van der Waals surface area contributed by atoms with Gasteiger partial charge in [0, 0.05) is 5.52 Å². The van der Waals surface area contributed by atoms with Crippen molar-refractivity contribution in [1.29, 1.82) is 0 Å². The summed E-state index contributed by atoms with van der Waals surface area (Å²) in [6, 6.07) is 15.3. The predicted octanol–water partition coefficient (Wildman–Crippen LogP) is 4.37. The van der Waals surface area contributed by atoms with Crippen LogP contribution in [0.15, 0.2) is 48.5 Å². The van der Waals surface area contributed by atoms with Crippen LogP contribution in [0.3, 0.4) is 0 Å².